The van der Waals surface area contributed by atoms with Gasteiger partial charge in [-0.2, -0.15) is 0 Å². The van der Waals surface area contributed by atoms with Gasteiger partial charge in [-0.25, -0.2) is 9.69 Å². The Morgan fingerprint density at radius 1 is 1.15 bits per heavy atom. The Bertz CT molecular complexity index is 1360. The molecule has 0 unspecified atom stereocenters. The fourth-order valence-electron chi connectivity index (χ4n) is 4.10. The maximum Gasteiger partial charge on any atom is 0.346 e. The van der Waals surface area contributed by atoms with Gasteiger partial charge in [0.05, 0.1) is 35.2 Å². The molecule has 1 aromatic heterocycles. The van der Waals surface area contributed by atoms with Crippen LogP contribution in [0.15, 0.2) is 47.8 Å². The molecule has 1 aliphatic heterocycles. The Labute approximate surface area is 204 Å². The summed E-state index contributed by atoms with van der Waals surface area (Å²) < 4.78 is 5.42. The van der Waals surface area contributed by atoms with Gasteiger partial charge in [-0.15, -0.1) is 11.3 Å². The van der Waals surface area contributed by atoms with E-state index in [-0.39, 0.29) is 38.9 Å². The molecular formula is C25H20ClNO6S. The summed E-state index contributed by atoms with van der Waals surface area (Å²) in [7, 11) is 1.53. The van der Waals surface area contributed by atoms with Crippen LogP contribution in [-0.4, -0.2) is 35.8 Å². The minimum atomic E-state index is -1.25. The highest BCUT2D eigenvalue weighted by molar-refractivity contribution is 7.12. The van der Waals surface area contributed by atoms with E-state index in [1.54, 1.807) is 32.0 Å². The monoisotopic (exact) mass is 497 g/mol. The highest BCUT2D eigenvalue weighted by Gasteiger charge is 2.39. The molecule has 34 heavy (non-hydrogen) atoms. The third kappa shape index (κ3) is 3.78. The third-order valence-corrected chi connectivity index (χ3v) is 7.20. The van der Waals surface area contributed by atoms with E-state index in [1.807, 2.05) is 6.07 Å². The molecule has 0 spiro atoms. The number of amides is 2. The molecule has 0 aliphatic carbocycles. The van der Waals surface area contributed by atoms with E-state index in [9.17, 15) is 24.3 Å². The molecule has 1 aliphatic rings. The van der Waals surface area contributed by atoms with E-state index in [1.165, 1.54) is 30.7 Å². The lowest BCUT2D eigenvalue weighted by Crippen LogP contribution is -2.43. The second kappa shape index (κ2) is 8.70. The number of carboxylic acids is 1. The number of hydrogen-bond donors (Lipinski definition) is 1. The van der Waals surface area contributed by atoms with Crippen LogP contribution in [-0.2, 0) is 16.6 Å². The number of methoxy groups -OCH3 is 1. The highest BCUT2D eigenvalue weighted by Crippen LogP contribution is 2.38. The number of hydrogen-bond acceptors (Lipinski definition) is 6. The Hall–Kier alpha value is -3.49. The maximum absolute atomic E-state index is 13.6. The van der Waals surface area contributed by atoms with Crippen LogP contribution in [0.2, 0.25) is 5.02 Å². The molecule has 2 aromatic carbocycles. The molecule has 7 nitrogen and oxygen atoms in total. The van der Waals surface area contributed by atoms with Crippen LogP contribution in [0.25, 0.3) is 0 Å². The quantitative estimate of drug-likeness (QED) is 0.380. The molecule has 3 aromatic rings. The van der Waals surface area contributed by atoms with Crippen molar-refractivity contribution in [3.8, 4) is 5.75 Å². The zero-order chi connectivity index (χ0) is 24.8. The first-order valence-electron chi connectivity index (χ1n) is 10.3. The topological polar surface area (TPSA) is 101 Å². The van der Waals surface area contributed by atoms with E-state index < -0.39 is 23.2 Å². The molecule has 0 fully saturated rings. The number of Topliss-reactive ketones (excluding diaryl/α,β-unsaturated/α-hetero) is 1. The van der Waals surface area contributed by atoms with E-state index in [2.05, 4.69) is 0 Å². The van der Waals surface area contributed by atoms with Crippen LogP contribution in [0.4, 0.5) is 5.69 Å². The summed E-state index contributed by atoms with van der Waals surface area (Å²) in [5.74, 6) is -2.29. The molecule has 1 N–H and O–H groups in total. The number of thiophene rings is 1. The maximum atomic E-state index is 13.6. The summed E-state index contributed by atoms with van der Waals surface area (Å²) in [4.78, 5) is 52.0. The van der Waals surface area contributed by atoms with E-state index in [0.29, 0.717) is 16.9 Å². The zero-order valence-electron chi connectivity index (χ0n) is 18.5. The number of halogens is 1. The normalized spacial score (nSPS) is 13.6. The summed E-state index contributed by atoms with van der Waals surface area (Å²) in [5.41, 5.74) is 0.300. The number of carbonyl (C=O) groups excluding carboxylic acids is 3. The fraction of sp³-hybridized carbons (Fsp3) is 0.200. The SMILES string of the molecule is COc1ccccc1C(C)(C)C(=O)c1ccc(Cl)c(N2C(=O)Cc3csc(C(=O)O)c3C2=O)c1. The lowest BCUT2D eigenvalue weighted by atomic mass is 9.77. The minimum absolute atomic E-state index is 0.0285. The van der Waals surface area contributed by atoms with Crippen molar-refractivity contribution in [3.05, 3.63) is 80.0 Å². The van der Waals surface area contributed by atoms with Gasteiger partial charge in [-0.3, -0.25) is 14.4 Å². The van der Waals surface area contributed by atoms with Gasteiger partial charge in [0.2, 0.25) is 5.91 Å². The summed E-state index contributed by atoms with van der Waals surface area (Å²) in [6.07, 6.45) is -0.147. The number of rotatable bonds is 6. The van der Waals surface area contributed by atoms with Crippen LogP contribution >= 0.6 is 22.9 Å². The molecule has 2 heterocycles. The lowest BCUT2D eigenvalue weighted by molar-refractivity contribution is -0.117. The van der Waals surface area contributed by atoms with Gasteiger partial charge in [0.25, 0.3) is 5.91 Å². The highest BCUT2D eigenvalue weighted by atomic mass is 35.5. The molecule has 9 heteroatoms. The van der Waals surface area contributed by atoms with Gasteiger partial charge < -0.3 is 9.84 Å². The van der Waals surface area contributed by atoms with Crippen molar-refractivity contribution in [2.75, 3.05) is 12.0 Å². The second-order valence-corrected chi connectivity index (χ2v) is 9.59. The first-order chi connectivity index (χ1) is 16.1. The van der Waals surface area contributed by atoms with Crippen molar-refractivity contribution in [3.63, 3.8) is 0 Å². The van der Waals surface area contributed by atoms with Gasteiger partial charge in [0, 0.05) is 11.1 Å². The lowest BCUT2D eigenvalue weighted by Gasteiger charge is -2.28. The fourth-order valence-corrected chi connectivity index (χ4v) is 5.20. The van der Waals surface area contributed by atoms with Crippen LogP contribution in [0.5, 0.6) is 5.75 Å². The van der Waals surface area contributed by atoms with Gasteiger partial charge in [-0.05, 0) is 49.1 Å². The minimum Gasteiger partial charge on any atom is -0.496 e. The second-order valence-electron chi connectivity index (χ2n) is 8.30. The van der Waals surface area contributed by atoms with Gasteiger partial charge in [-0.1, -0.05) is 29.8 Å². The van der Waals surface area contributed by atoms with Crippen LogP contribution in [0.1, 0.15) is 55.4 Å². The van der Waals surface area contributed by atoms with Gasteiger partial charge >= 0.3 is 5.97 Å². The Kier molecular flexibility index (Phi) is 6.05. The molecular weight excluding hydrogens is 478 g/mol. The molecule has 174 valence electrons. The average molecular weight is 498 g/mol. The summed E-state index contributed by atoms with van der Waals surface area (Å²) in [6.45, 7) is 3.52. The Morgan fingerprint density at radius 3 is 2.53 bits per heavy atom. The van der Waals surface area contributed by atoms with Crippen LogP contribution < -0.4 is 9.64 Å². The van der Waals surface area contributed by atoms with Gasteiger partial charge in [0.15, 0.2) is 5.78 Å². The standard InChI is InChI=1S/C25H20ClNO6S/c1-25(2,15-6-4-5-7-18(15)33-3)22(29)13-8-9-16(26)17(10-13)27-19(28)11-14-12-34-21(24(31)32)20(14)23(27)30/h4-10,12H,11H2,1-3H3,(H,31,32). The number of anilines is 1. The number of fused-ring (bicyclic) bond motifs is 1. The molecule has 4 rings (SSSR count). The van der Waals surface area contributed by atoms with E-state index in [0.717, 1.165) is 16.2 Å². The first-order valence-corrected chi connectivity index (χ1v) is 11.5. The molecule has 2 amide bonds. The molecule has 0 saturated carbocycles. The molecule has 0 bridgehead atoms. The third-order valence-electron chi connectivity index (χ3n) is 5.87. The number of carboxylic acid groups (broad SMARTS) is 1. The average Bonchev–Trinajstić information content (AvgIpc) is 3.24. The molecule has 0 saturated heterocycles. The number of ketones is 1. The van der Waals surface area contributed by atoms with Crippen molar-refractivity contribution in [2.24, 2.45) is 0 Å². The number of para-hydroxylation sites is 1. The number of nitrogens with zero attached hydrogens (tertiary/aromatic N) is 1. The van der Waals surface area contributed by atoms with Crippen molar-refractivity contribution in [1.29, 1.82) is 0 Å². The van der Waals surface area contributed by atoms with Crippen molar-refractivity contribution in [1.82, 2.24) is 0 Å². The van der Waals surface area contributed by atoms with E-state index in [4.69, 9.17) is 16.3 Å². The largest absolute Gasteiger partial charge is 0.496 e. The zero-order valence-corrected chi connectivity index (χ0v) is 20.1. The summed E-state index contributed by atoms with van der Waals surface area (Å²) in [6, 6.07) is 11.6. The summed E-state index contributed by atoms with van der Waals surface area (Å²) in [5, 5.41) is 11.0. The number of benzene rings is 2. The Morgan fingerprint density at radius 2 is 1.85 bits per heavy atom. The van der Waals surface area contributed by atoms with E-state index >= 15 is 0 Å². The first kappa shape index (κ1) is 23.7. The number of aromatic carboxylic acids is 1. The number of imide groups is 1. The Balaban J connectivity index is 1.78. The molecule has 0 atom stereocenters. The van der Waals surface area contributed by atoms with Crippen molar-refractivity contribution >= 4 is 52.2 Å². The molecule has 0 radical (unpaired) electrons. The summed E-state index contributed by atoms with van der Waals surface area (Å²) >= 11 is 7.25. The number of ether oxygens (including phenoxy) is 1. The smallest absolute Gasteiger partial charge is 0.346 e. The van der Waals surface area contributed by atoms with Crippen molar-refractivity contribution in [2.45, 2.75) is 25.7 Å². The van der Waals surface area contributed by atoms with Gasteiger partial charge in [0.1, 0.15) is 10.6 Å². The predicted octanol–water partition coefficient (Wildman–Crippen LogP) is 5.00. The van der Waals surface area contributed by atoms with Crippen molar-refractivity contribution < 1.29 is 29.0 Å². The predicted molar refractivity (Wildman–Crippen MR) is 129 cm³/mol. The number of carbonyl (C=O) groups is 4. The van der Waals surface area contributed by atoms with Crippen LogP contribution in [0, 0.1) is 0 Å². The van der Waals surface area contributed by atoms with Crippen LogP contribution in [0.3, 0.4) is 0 Å².